The van der Waals surface area contributed by atoms with Crippen molar-refractivity contribution in [3.63, 3.8) is 0 Å². The monoisotopic (exact) mass is 528 g/mol. The van der Waals surface area contributed by atoms with Crippen molar-refractivity contribution in [3.8, 4) is 0 Å². The van der Waals surface area contributed by atoms with E-state index in [1.807, 2.05) is 0 Å². The number of hydrogen-bond donors (Lipinski definition) is 2. The molecule has 0 unspecified atom stereocenters. The predicted octanol–water partition coefficient (Wildman–Crippen LogP) is 2.13. The van der Waals surface area contributed by atoms with Crippen LogP contribution >= 0.6 is 24.4 Å². The Labute approximate surface area is 214 Å². The summed E-state index contributed by atoms with van der Waals surface area (Å²) in [6.07, 6.45) is 0.631. The SMILES string of the molecule is CC(C)(S)C(=O)N[C@@H](CSC(=O)OCOC(=O)c1ccccc1)C(=O)OCCCN1CCOCC1. The number of thiol groups is 1. The molecule has 0 aliphatic carbocycles. The first kappa shape index (κ1) is 29.0. The fraction of sp³-hybridized carbons (Fsp3) is 0.565. The molecule has 0 radical (unpaired) electrons. The third kappa shape index (κ3) is 11.3. The van der Waals surface area contributed by atoms with E-state index in [-0.39, 0.29) is 12.4 Å². The Morgan fingerprint density at radius 2 is 1.80 bits per heavy atom. The van der Waals surface area contributed by atoms with E-state index in [1.165, 1.54) is 0 Å². The number of nitrogens with one attached hydrogen (secondary N) is 1. The number of carbonyl (C=O) groups excluding carboxylic acids is 4. The van der Waals surface area contributed by atoms with Gasteiger partial charge in [-0.1, -0.05) is 18.2 Å². The molecule has 194 valence electrons. The van der Waals surface area contributed by atoms with Crippen LogP contribution in [0.3, 0.4) is 0 Å². The number of nitrogens with zero attached hydrogens (tertiary/aromatic N) is 1. The predicted molar refractivity (Wildman–Crippen MR) is 133 cm³/mol. The van der Waals surface area contributed by atoms with Crippen molar-refractivity contribution in [2.45, 2.75) is 31.1 Å². The average Bonchev–Trinajstić information content (AvgIpc) is 2.84. The fourth-order valence-corrected chi connectivity index (χ4v) is 3.59. The Hall–Kier alpha value is -2.28. The molecular weight excluding hydrogens is 496 g/mol. The molecule has 0 spiro atoms. The van der Waals surface area contributed by atoms with Gasteiger partial charge in [-0.2, -0.15) is 12.6 Å². The van der Waals surface area contributed by atoms with Crippen LogP contribution in [0.2, 0.25) is 0 Å². The Bertz CT molecular complexity index is 842. The number of hydrogen-bond acceptors (Lipinski definition) is 11. The molecule has 35 heavy (non-hydrogen) atoms. The van der Waals surface area contributed by atoms with Crippen LogP contribution in [-0.2, 0) is 28.5 Å². The molecule has 1 aliphatic heterocycles. The van der Waals surface area contributed by atoms with E-state index in [1.54, 1.807) is 44.2 Å². The topological polar surface area (TPSA) is 120 Å². The van der Waals surface area contributed by atoms with Crippen LogP contribution in [0.5, 0.6) is 0 Å². The molecule has 2 rings (SSSR count). The maximum Gasteiger partial charge on any atom is 0.370 e. The quantitative estimate of drug-likeness (QED) is 0.181. The van der Waals surface area contributed by atoms with Gasteiger partial charge >= 0.3 is 17.2 Å². The Morgan fingerprint density at radius 1 is 1.11 bits per heavy atom. The summed E-state index contributed by atoms with van der Waals surface area (Å²) in [7, 11) is 0. The van der Waals surface area contributed by atoms with E-state index >= 15 is 0 Å². The van der Waals surface area contributed by atoms with Crippen molar-refractivity contribution in [2.24, 2.45) is 0 Å². The number of rotatable bonds is 12. The molecule has 1 heterocycles. The van der Waals surface area contributed by atoms with Gasteiger partial charge in [0, 0.05) is 25.4 Å². The summed E-state index contributed by atoms with van der Waals surface area (Å²) >= 11 is 4.87. The second-order valence-corrected chi connectivity index (χ2v) is 10.3. The first-order valence-corrected chi connectivity index (χ1v) is 12.6. The van der Waals surface area contributed by atoms with E-state index in [4.69, 9.17) is 18.9 Å². The highest BCUT2D eigenvalue weighted by atomic mass is 32.2. The van der Waals surface area contributed by atoms with Gasteiger partial charge in [-0.25, -0.2) is 14.4 Å². The first-order valence-electron chi connectivity index (χ1n) is 11.2. The lowest BCUT2D eigenvalue weighted by Gasteiger charge is -2.26. The second kappa shape index (κ2) is 15.0. The molecule has 1 saturated heterocycles. The minimum absolute atomic E-state index is 0.122. The van der Waals surface area contributed by atoms with E-state index < -0.39 is 40.7 Å². The van der Waals surface area contributed by atoms with Crippen molar-refractivity contribution < 1.29 is 38.1 Å². The van der Waals surface area contributed by atoms with E-state index in [2.05, 4.69) is 22.8 Å². The van der Waals surface area contributed by atoms with Crippen molar-refractivity contribution in [1.82, 2.24) is 10.2 Å². The highest BCUT2D eigenvalue weighted by Crippen LogP contribution is 2.15. The molecule has 1 aromatic rings. The standard InChI is InChI=1S/C23H32N2O8S2/c1-23(2,34)21(28)24-18(20(27)31-12-6-9-25-10-13-30-14-11-25)15-35-22(29)33-16-32-19(26)17-7-4-3-5-8-17/h3-5,7-8,18,34H,6,9-16H2,1-2H3,(H,24,28)/t18-/m0/s1. The number of benzene rings is 1. The minimum Gasteiger partial charge on any atom is -0.464 e. The first-order chi connectivity index (χ1) is 16.7. The second-order valence-electron chi connectivity index (χ2n) is 8.18. The summed E-state index contributed by atoms with van der Waals surface area (Å²) in [5.74, 6) is -1.90. The Balaban J connectivity index is 1.77. The molecule has 1 aromatic carbocycles. The molecule has 12 heteroatoms. The van der Waals surface area contributed by atoms with Crippen molar-refractivity contribution in [3.05, 3.63) is 35.9 Å². The van der Waals surface area contributed by atoms with E-state index in [0.717, 1.165) is 19.6 Å². The summed E-state index contributed by atoms with van der Waals surface area (Å²) in [4.78, 5) is 51.1. The summed E-state index contributed by atoms with van der Waals surface area (Å²) in [6.45, 7) is 6.57. The molecule has 10 nitrogen and oxygen atoms in total. The lowest BCUT2D eigenvalue weighted by Crippen LogP contribution is -2.49. The maximum atomic E-state index is 12.6. The molecule has 1 N–H and O–H groups in total. The van der Waals surface area contributed by atoms with Gasteiger partial charge in [-0.15, -0.1) is 0 Å². The highest BCUT2D eigenvalue weighted by molar-refractivity contribution is 8.13. The van der Waals surface area contributed by atoms with Crippen LogP contribution in [0.15, 0.2) is 30.3 Å². The summed E-state index contributed by atoms with van der Waals surface area (Å²) in [5, 5.41) is 1.80. The number of thioether (sulfide) groups is 1. The van der Waals surface area contributed by atoms with E-state index in [9.17, 15) is 19.2 Å². The van der Waals surface area contributed by atoms with Gasteiger partial charge in [0.1, 0.15) is 6.04 Å². The van der Waals surface area contributed by atoms with Gasteiger partial charge in [0.25, 0.3) is 0 Å². The molecule has 1 amide bonds. The normalized spacial score (nSPS) is 15.1. The largest absolute Gasteiger partial charge is 0.464 e. The van der Waals surface area contributed by atoms with Crippen LogP contribution in [-0.4, -0.2) is 90.8 Å². The number of amides is 1. The van der Waals surface area contributed by atoms with Gasteiger partial charge < -0.3 is 24.3 Å². The Kier molecular flexibility index (Phi) is 12.4. The summed E-state index contributed by atoms with van der Waals surface area (Å²) in [6, 6.07) is 7.18. The van der Waals surface area contributed by atoms with Crippen LogP contribution in [0.4, 0.5) is 4.79 Å². The average molecular weight is 529 g/mol. The van der Waals surface area contributed by atoms with Crippen LogP contribution in [0, 0.1) is 0 Å². The van der Waals surface area contributed by atoms with Crippen LogP contribution in [0.1, 0.15) is 30.6 Å². The number of ether oxygens (including phenoxy) is 4. The third-order valence-electron chi connectivity index (χ3n) is 4.86. The molecule has 0 aromatic heterocycles. The lowest BCUT2D eigenvalue weighted by atomic mass is 10.2. The van der Waals surface area contributed by atoms with Crippen LogP contribution < -0.4 is 5.32 Å². The van der Waals surface area contributed by atoms with Crippen LogP contribution in [0.25, 0.3) is 0 Å². The number of morpholine rings is 1. The Morgan fingerprint density at radius 3 is 2.46 bits per heavy atom. The third-order valence-corrected chi connectivity index (χ3v) is 5.91. The zero-order chi connectivity index (χ0) is 25.7. The van der Waals surface area contributed by atoms with Crippen molar-refractivity contribution in [2.75, 3.05) is 52.0 Å². The van der Waals surface area contributed by atoms with Gasteiger partial charge in [0.15, 0.2) is 0 Å². The molecule has 0 bridgehead atoms. The van der Waals surface area contributed by atoms with Gasteiger partial charge in [-0.05, 0) is 44.2 Å². The van der Waals surface area contributed by atoms with Gasteiger partial charge in [0.2, 0.25) is 12.7 Å². The number of esters is 2. The smallest absolute Gasteiger partial charge is 0.370 e. The summed E-state index contributed by atoms with van der Waals surface area (Å²) in [5.41, 5.74) is 0.324. The molecule has 1 aliphatic rings. The maximum absolute atomic E-state index is 12.6. The van der Waals surface area contributed by atoms with Crippen molar-refractivity contribution >= 4 is 47.5 Å². The van der Waals surface area contributed by atoms with Crippen molar-refractivity contribution in [1.29, 1.82) is 0 Å². The van der Waals surface area contributed by atoms with Gasteiger partial charge in [-0.3, -0.25) is 9.69 Å². The minimum atomic E-state index is -1.08. The molecule has 1 atom stereocenters. The zero-order valence-corrected chi connectivity index (χ0v) is 21.6. The number of carbonyl (C=O) groups is 4. The molecular formula is C23H32N2O8S2. The highest BCUT2D eigenvalue weighted by Gasteiger charge is 2.30. The molecule has 1 fully saturated rings. The zero-order valence-electron chi connectivity index (χ0n) is 19.9. The summed E-state index contributed by atoms with van der Waals surface area (Å²) < 4.78 is 19.4. The molecule has 0 saturated carbocycles. The van der Waals surface area contributed by atoms with E-state index in [0.29, 0.717) is 37.0 Å². The van der Waals surface area contributed by atoms with Gasteiger partial charge in [0.05, 0.1) is 30.1 Å². The lowest BCUT2D eigenvalue weighted by molar-refractivity contribution is -0.147. The fourth-order valence-electron chi connectivity index (χ4n) is 2.87.